The van der Waals surface area contributed by atoms with Crippen molar-refractivity contribution >= 4 is 27.5 Å². The molecule has 0 spiro atoms. The Kier molecular flexibility index (Phi) is 3.12. The molecule has 2 aromatic rings. The molecule has 2 nitrogen and oxygen atoms in total. The highest BCUT2D eigenvalue weighted by atomic mass is 79.9. The summed E-state index contributed by atoms with van der Waals surface area (Å²) < 4.78 is 3.05. The second kappa shape index (κ2) is 4.37. The minimum Gasteiger partial charge on any atom is -0.305 e. The van der Waals surface area contributed by atoms with Crippen molar-refractivity contribution in [3.63, 3.8) is 0 Å². The van der Waals surface area contributed by atoms with Crippen LogP contribution in [0.2, 0.25) is 0 Å². The molecule has 0 unspecified atom stereocenters. The summed E-state index contributed by atoms with van der Waals surface area (Å²) in [4.78, 5) is 4.19. The highest BCUT2D eigenvalue weighted by molar-refractivity contribution is 9.10. The molecule has 1 aromatic heterocycles. The number of imidazole rings is 1. The van der Waals surface area contributed by atoms with E-state index >= 15 is 0 Å². The lowest BCUT2D eigenvalue weighted by Crippen LogP contribution is -1.92. The summed E-state index contributed by atoms with van der Waals surface area (Å²) in [5, 5.41) is 0. The van der Waals surface area contributed by atoms with E-state index in [0.29, 0.717) is 5.88 Å². The summed E-state index contributed by atoms with van der Waals surface area (Å²) in [5.41, 5.74) is 3.16. The molecule has 0 atom stereocenters. The van der Waals surface area contributed by atoms with Gasteiger partial charge in [-0.15, -0.1) is 11.6 Å². The third kappa shape index (κ3) is 2.08. The molecule has 0 saturated heterocycles. The Morgan fingerprint density at radius 3 is 2.93 bits per heavy atom. The van der Waals surface area contributed by atoms with E-state index in [4.69, 9.17) is 11.6 Å². The second-order valence-electron chi connectivity index (χ2n) is 3.31. The Labute approximate surface area is 102 Å². The first-order valence-corrected chi connectivity index (χ1v) is 5.89. The zero-order chi connectivity index (χ0) is 10.8. The van der Waals surface area contributed by atoms with Crippen molar-refractivity contribution in [3.8, 4) is 5.69 Å². The molecule has 2 rings (SSSR count). The van der Waals surface area contributed by atoms with Crippen molar-refractivity contribution in [2.45, 2.75) is 12.8 Å². The van der Waals surface area contributed by atoms with Crippen molar-refractivity contribution in [3.05, 3.63) is 46.5 Å². The first-order chi connectivity index (χ1) is 7.22. The Hall–Kier alpha value is -0.800. The average Bonchev–Trinajstić information content (AvgIpc) is 2.70. The van der Waals surface area contributed by atoms with E-state index in [-0.39, 0.29) is 0 Å². The summed E-state index contributed by atoms with van der Waals surface area (Å²) in [7, 11) is 0. The fourth-order valence-corrected chi connectivity index (χ4v) is 2.00. The Morgan fingerprint density at radius 2 is 2.27 bits per heavy atom. The number of benzene rings is 1. The summed E-state index contributed by atoms with van der Waals surface area (Å²) >= 11 is 9.28. The van der Waals surface area contributed by atoms with Crippen LogP contribution in [0.4, 0.5) is 0 Å². The molecule has 0 bridgehead atoms. The Morgan fingerprint density at radius 1 is 1.47 bits per heavy atom. The van der Waals surface area contributed by atoms with Crippen LogP contribution in [0, 0.1) is 6.92 Å². The lowest BCUT2D eigenvalue weighted by atomic mass is 10.2. The van der Waals surface area contributed by atoms with Gasteiger partial charge in [-0.25, -0.2) is 4.98 Å². The van der Waals surface area contributed by atoms with Crippen LogP contribution in [0.1, 0.15) is 11.3 Å². The number of halogens is 2. The standard InChI is InChI=1S/C11H10BrClN2/c1-8-3-2-4-10(11(8)12)15-6-9(5-13)14-7-15/h2-4,6-7H,5H2,1H3. The quantitative estimate of drug-likeness (QED) is 0.770. The van der Waals surface area contributed by atoms with Crippen LogP contribution >= 0.6 is 27.5 Å². The van der Waals surface area contributed by atoms with E-state index in [2.05, 4.69) is 33.9 Å². The smallest absolute Gasteiger partial charge is 0.0996 e. The van der Waals surface area contributed by atoms with Gasteiger partial charge in [0, 0.05) is 10.7 Å². The van der Waals surface area contributed by atoms with Gasteiger partial charge in [-0.1, -0.05) is 12.1 Å². The molecule has 0 aliphatic carbocycles. The first-order valence-electron chi connectivity index (χ1n) is 4.56. The lowest BCUT2D eigenvalue weighted by molar-refractivity contribution is 1.04. The largest absolute Gasteiger partial charge is 0.305 e. The number of hydrogen-bond acceptors (Lipinski definition) is 1. The maximum absolute atomic E-state index is 5.71. The molecule has 0 saturated carbocycles. The fourth-order valence-electron chi connectivity index (χ4n) is 1.40. The van der Waals surface area contributed by atoms with Gasteiger partial charge in [0.1, 0.15) is 0 Å². The van der Waals surface area contributed by atoms with Gasteiger partial charge in [-0.2, -0.15) is 0 Å². The molecular formula is C11H10BrClN2. The van der Waals surface area contributed by atoms with E-state index in [9.17, 15) is 0 Å². The predicted molar refractivity (Wildman–Crippen MR) is 65.6 cm³/mol. The molecule has 0 radical (unpaired) electrons. The van der Waals surface area contributed by atoms with Gasteiger partial charge in [0.2, 0.25) is 0 Å². The molecule has 0 amide bonds. The summed E-state index contributed by atoms with van der Waals surface area (Å²) in [6.45, 7) is 2.06. The summed E-state index contributed by atoms with van der Waals surface area (Å²) in [5.74, 6) is 0.441. The molecule has 0 aliphatic heterocycles. The third-order valence-electron chi connectivity index (χ3n) is 2.22. The number of rotatable bonds is 2. The van der Waals surface area contributed by atoms with Crippen LogP contribution in [-0.2, 0) is 5.88 Å². The van der Waals surface area contributed by atoms with Gasteiger partial charge in [0.05, 0.1) is 23.6 Å². The maximum atomic E-state index is 5.71. The fraction of sp³-hybridized carbons (Fsp3) is 0.182. The number of alkyl halides is 1. The SMILES string of the molecule is Cc1cccc(-n2cnc(CCl)c2)c1Br. The van der Waals surface area contributed by atoms with Crippen molar-refractivity contribution in [1.29, 1.82) is 0 Å². The summed E-state index contributed by atoms with van der Waals surface area (Å²) in [6.07, 6.45) is 3.71. The van der Waals surface area contributed by atoms with Crippen molar-refractivity contribution in [2.75, 3.05) is 0 Å². The minimum atomic E-state index is 0.441. The van der Waals surface area contributed by atoms with Crippen LogP contribution in [0.3, 0.4) is 0 Å². The normalized spacial score (nSPS) is 10.6. The van der Waals surface area contributed by atoms with Gasteiger partial charge in [0.15, 0.2) is 0 Å². The van der Waals surface area contributed by atoms with Gasteiger partial charge in [-0.05, 0) is 34.5 Å². The van der Waals surface area contributed by atoms with Crippen LogP contribution in [0.25, 0.3) is 5.69 Å². The summed E-state index contributed by atoms with van der Waals surface area (Å²) in [6, 6.07) is 6.12. The minimum absolute atomic E-state index is 0.441. The van der Waals surface area contributed by atoms with E-state index in [1.807, 2.05) is 22.9 Å². The molecule has 0 fully saturated rings. The van der Waals surface area contributed by atoms with Crippen molar-refractivity contribution in [2.24, 2.45) is 0 Å². The highest BCUT2D eigenvalue weighted by Crippen LogP contribution is 2.24. The molecule has 78 valence electrons. The topological polar surface area (TPSA) is 17.8 Å². The lowest BCUT2D eigenvalue weighted by Gasteiger charge is -2.06. The molecule has 0 aliphatic rings. The predicted octanol–water partition coefficient (Wildman–Crippen LogP) is 3.68. The van der Waals surface area contributed by atoms with E-state index in [1.165, 1.54) is 5.56 Å². The molecule has 4 heteroatoms. The Balaban J connectivity index is 2.49. The third-order valence-corrected chi connectivity index (χ3v) is 3.53. The zero-order valence-corrected chi connectivity index (χ0v) is 10.6. The monoisotopic (exact) mass is 284 g/mol. The molecule has 0 N–H and O–H groups in total. The van der Waals surface area contributed by atoms with Gasteiger partial charge in [0.25, 0.3) is 0 Å². The Bertz CT molecular complexity index is 479. The van der Waals surface area contributed by atoms with Crippen LogP contribution in [-0.4, -0.2) is 9.55 Å². The maximum Gasteiger partial charge on any atom is 0.0996 e. The van der Waals surface area contributed by atoms with Crippen LogP contribution in [0.5, 0.6) is 0 Å². The van der Waals surface area contributed by atoms with Crippen molar-refractivity contribution in [1.82, 2.24) is 9.55 Å². The highest BCUT2D eigenvalue weighted by Gasteiger charge is 2.05. The number of aryl methyl sites for hydroxylation is 1. The van der Waals surface area contributed by atoms with Crippen LogP contribution in [0.15, 0.2) is 35.2 Å². The number of hydrogen-bond donors (Lipinski definition) is 0. The molecular weight excluding hydrogens is 275 g/mol. The molecule has 15 heavy (non-hydrogen) atoms. The van der Waals surface area contributed by atoms with E-state index < -0.39 is 0 Å². The number of aromatic nitrogens is 2. The average molecular weight is 286 g/mol. The van der Waals surface area contributed by atoms with E-state index in [0.717, 1.165) is 15.9 Å². The van der Waals surface area contributed by atoms with E-state index in [1.54, 1.807) is 6.33 Å². The first kappa shape index (κ1) is 10.7. The second-order valence-corrected chi connectivity index (χ2v) is 4.37. The molecule has 1 heterocycles. The van der Waals surface area contributed by atoms with Gasteiger partial charge >= 0.3 is 0 Å². The van der Waals surface area contributed by atoms with Gasteiger partial charge in [-0.3, -0.25) is 0 Å². The van der Waals surface area contributed by atoms with Gasteiger partial charge < -0.3 is 4.57 Å². The molecule has 1 aromatic carbocycles. The van der Waals surface area contributed by atoms with Crippen LogP contribution < -0.4 is 0 Å². The zero-order valence-electron chi connectivity index (χ0n) is 8.24. The number of nitrogens with zero attached hydrogens (tertiary/aromatic N) is 2. The van der Waals surface area contributed by atoms with Crippen molar-refractivity contribution < 1.29 is 0 Å².